The third-order valence-corrected chi connectivity index (χ3v) is 13.3. The lowest BCUT2D eigenvalue weighted by atomic mass is 9.36. The monoisotopic (exact) mass is 483 g/mol. The van der Waals surface area contributed by atoms with Crippen LogP contribution in [-0.2, 0) is 16.6 Å². The summed E-state index contributed by atoms with van der Waals surface area (Å²) in [6.45, 7) is 19.9. The second kappa shape index (κ2) is 7.16. The summed E-state index contributed by atoms with van der Waals surface area (Å²) in [7, 11) is 0. The van der Waals surface area contributed by atoms with E-state index in [1.165, 1.54) is 50.5 Å². The molecule has 4 heteroatoms. The molecule has 5 aliphatic rings. The molecule has 3 saturated carbocycles. The topological polar surface area (TPSA) is 55.5 Å². The fraction of sp³-hybridized carbons (Fsp3) is 0.903. The van der Waals surface area contributed by atoms with Crippen molar-refractivity contribution in [3.63, 3.8) is 0 Å². The van der Waals surface area contributed by atoms with E-state index < -0.39 is 6.29 Å². The van der Waals surface area contributed by atoms with Crippen molar-refractivity contribution in [1.82, 2.24) is 5.16 Å². The predicted molar refractivity (Wildman–Crippen MR) is 138 cm³/mol. The molecule has 196 valence electrons. The zero-order valence-corrected chi connectivity index (χ0v) is 23.5. The van der Waals surface area contributed by atoms with Crippen LogP contribution < -0.4 is 0 Å². The van der Waals surface area contributed by atoms with Crippen molar-refractivity contribution in [1.29, 1.82) is 0 Å². The van der Waals surface area contributed by atoms with E-state index in [0.717, 1.165) is 18.6 Å². The van der Waals surface area contributed by atoms with Gasteiger partial charge >= 0.3 is 0 Å². The van der Waals surface area contributed by atoms with Gasteiger partial charge in [-0.05, 0) is 96.2 Å². The number of rotatable bonds is 0. The van der Waals surface area contributed by atoms with Crippen molar-refractivity contribution in [3.8, 4) is 0 Å². The molecule has 35 heavy (non-hydrogen) atoms. The predicted octanol–water partition coefficient (Wildman–Crippen LogP) is 7.29. The van der Waals surface area contributed by atoms with E-state index >= 15 is 0 Å². The minimum Gasteiger partial charge on any atom is -0.368 e. The van der Waals surface area contributed by atoms with Crippen molar-refractivity contribution in [2.24, 2.45) is 44.8 Å². The molecule has 1 aromatic heterocycles. The van der Waals surface area contributed by atoms with Crippen molar-refractivity contribution in [2.75, 3.05) is 0 Å². The lowest BCUT2D eigenvalue weighted by Crippen LogP contribution is -2.65. The first-order valence-electron chi connectivity index (χ1n) is 14.4. The zero-order valence-electron chi connectivity index (χ0n) is 23.5. The molecule has 6 rings (SSSR count). The Morgan fingerprint density at radius 2 is 1.60 bits per heavy atom. The van der Waals surface area contributed by atoms with Gasteiger partial charge < -0.3 is 14.4 Å². The highest BCUT2D eigenvalue weighted by atomic mass is 16.6. The van der Waals surface area contributed by atoms with Crippen molar-refractivity contribution < 1.29 is 14.4 Å². The highest BCUT2D eigenvalue weighted by Gasteiger charge is 2.70. The number of fused-ring (bicyclic) bond motifs is 8. The van der Waals surface area contributed by atoms with Crippen molar-refractivity contribution in [3.05, 3.63) is 17.5 Å². The maximum atomic E-state index is 11.5. The Bertz CT molecular complexity index is 1010. The number of aromatic nitrogens is 1. The molecule has 1 saturated heterocycles. The average Bonchev–Trinajstić information content (AvgIpc) is 3.20. The molecule has 1 N–H and O–H groups in total. The third-order valence-electron chi connectivity index (χ3n) is 13.3. The van der Waals surface area contributed by atoms with Gasteiger partial charge in [-0.15, -0.1) is 0 Å². The summed E-state index contributed by atoms with van der Waals surface area (Å²) in [5.41, 5.74) is 2.21. The van der Waals surface area contributed by atoms with E-state index in [-0.39, 0.29) is 27.8 Å². The quantitative estimate of drug-likeness (QED) is 0.421. The van der Waals surface area contributed by atoms with Gasteiger partial charge in [-0.1, -0.05) is 60.5 Å². The van der Waals surface area contributed by atoms with Gasteiger partial charge in [0.25, 0.3) is 0 Å². The second-order valence-electron chi connectivity index (χ2n) is 15.9. The molecule has 4 nitrogen and oxygen atoms in total. The molecular formula is C31H49NO3. The molecule has 0 bridgehead atoms. The van der Waals surface area contributed by atoms with Crippen LogP contribution in [0.4, 0.5) is 0 Å². The summed E-state index contributed by atoms with van der Waals surface area (Å²) < 4.78 is 12.7. The molecule has 1 aromatic rings. The molecule has 0 aromatic carbocycles. The molecule has 4 fully saturated rings. The van der Waals surface area contributed by atoms with Gasteiger partial charge in [0.1, 0.15) is 5.76 Å². The van der Waals surface area contributed by atoms with E-state index in [9.17, 15) is 5.11 Å². The first-order valence-corrected chi connectivity index (χ1v) is 14.4. The molecule has 0 radical (unpaired) electrons. The Labute approximate surface area is 212 Å². The Hall–Kier alpha value is -0.870. The number of aliphatic hydroxyl groups excluding tert-OH is 1. The van der Waals surface area contributed by atoms with Crippen molar-refractivity contribution >= 4 is 0 Å². The second-order valence-corrected chi connectivity index (χ2v) is 15.9. The molecule has 3 unspecified atom stereocenters. The van der Waals surface area contributed by atoms with Gasteiger partial charge in [-0.25, -0.2) is 0 Å². The maximum Gasteiger partial charge on any atom is 0.155 e. The normalized spacial score (nSPS) is 52.2. The first-order chi connectivity index (χ1) is 16.2. The Morgan fingerprint density at radius 3 is 2.34 bits per heavy atom. The van der Waals surface area contributed by atoms with Crippen LogP contribution in [0.5, 0.6) is 0 Å². The number of hydrogen-bond donors (Lipinski definition) is 1. The minimum absolute atomic E-state index is 0.0445. The lowest BCUT2D eigenvalue weighted by molar-refractivity contribution is -0.243. The molecule has 0 amide bonds. The highest BCUT2D eigenvalue weighted by molar-refractivity contribution is 5.32. The van der Waals surface area contributed by atoms with Gasteiger partial charge in [0.2, 0.25) is 0 Å². The van der Waals surface area contributed by atoms with Crippen LogP contribution in [0, 0.1) is 44.8 Å². The van der Waals surface area contributed by atoms with E-state index in [0.29, 0.717) is 28.6 Å². The fourth-order valence-corrected chi connectivity index (χ4v) is 11.0. The summed E-state index contributed by atoms with van der Waals surface area (Å²) in [5, 5.41) is 15.8. The van der Waals surface area contributed by atoms with Crippen LogP contribution >= 0.6 is 0 Å². The third kappa shape index (κ3) is 3.08. The summed E-state index contributed by atoms with van der Waals surface area (Å²) >= 11 is 0. The van der Waals surface area contributed by atoms with E-state index in [4.69, 9.17) is 9.26 Å². The van der Waals surface area contributed by atoms with Crippen molar-refractivity contribution in [2.45, 2.75) is 131 Å². The number of aliphatic hydroxyl groups is 1. The summed E-state index contributed by atoms with van der Waals surface area (Å²) in [5.74, 6) is 2.54. The highest BCUT2D eigenvalue weighted by Crippen LogP contribution is 2.73. The molecule has 2 heterocycles. The standard InChI is InChI=1S/C31H49NO3/c1-26(2)11-12-28(5)13-14-31(8)25(20(28)17-26)34-23(33)15-22-29(6)16-19-18-32-35-24(19)27(3,4)21(29)9-10-30(22,31)7/h18,20-23,25,33H,9-17H2,1-8H3/t20?,21-,22+,23?,25?,28+,29-,30+,31+/m0/s1. The van der Waals surface area contributed by atoms with Crippen LogP contribution in [0.1, 0.15) is 118 Å². The van der Waals surface area contributed by atoms with Gasteiger partial charge in [0.15, 0.2) is 6.29 Å². The van der Waals surface area contributed by atoms with Crippen LogP contribution in [-0.4, -0.2) is 22.7 Å². The van der Waals surface area contributed by atoms with Gasteiger partial charge in [0.05, 0.1) is 12.3 Å². The number of hydrogen-bond acceptors (Lipinski definition) is 4. The lowest BCUT2D eigenvalue weighted by Gasteiger charge is -2.68. The molecule has 9 atom stereocenters. The van der Waals surface area contributed by atoms with E-state index in [1.54, 1.807) is 0 Å². The number of ether oxygens (including phenoxy) is 1. The van der Waals surface area contributed by atoms with Crippen LogP contribution in [0.15, 0.2) is 10.7 Å². The van der Waals surface area contributed by atoms with Crippen LogP contribution in [0.25, 0.3) is 0 Å². The maximum absolute atomic E-state index is 11.5. The molecule has 0 spiro atoms. The van der Waals surface area contributed by atoms with Gasteiger partial charge in [0, 0.05) is 17.4 Å². The van der Waals surface area contributed by atoms with Crippen LogP contribution in [0.3, 0.4) is 0 Å². The molecule has 4 aliphatic carbocycles. The summed E-state index contributed by atoms with van der Waals surface area (Å²) in [6, 6.07) is 0. The minimum atomic E-state index is -0.680. The summed E-state index contributed by atoms with van der Waals surface area (Å²) in [4.78, 5) is 0. The van der Waals surface area contributed by atoms with Crippen LogP contribution in [0.2, 0.25) is 0 Å². The fourth-order valence-electron chi connectivity index (χ4n) is 11.0. The Kier molecular flexibility index (Phi) is 5.00. The SMILES string of the molecule is CC1(C)CC[C@]2(C)CC[C@]3(C)C(OC(O)C[C@@H]4[C@@]5(C)Cc6cnoc6C(C)(C)[C@@H]5CC[C@]43C)C2C1. The largest absolute Gasteiger partial charge is 0.368 e. The summed E-state index contributed by atoms with van der Waals surface area (Å²) in [6.07, 6.45) is 11.9. The van der Waals surface area contributed by atoms with E-state index in [1.807, 2.05) is 6.20 Å². The Morgan fingerprint density at radius 1 is 0.886 bits per heavy atom. The Balaban J connectivity index is 1.46. The number of nitrogens with zero attached hydrogens (tertiary/aromatic N) is 1. The average molecular weight is 484 g/mol. The molecular weight excluding hydrogens is 434 g/mol. The molecule has 1 aliphatic heterocycles. The van der Waals surface area contributed by atoms with E-state index in [2.05, 4.69) is 60.5 Å². The smallest absolute Gasteiger partial charge is 0.155 e. The zero-order chi connectivity index (χ0) is 25.2. The van der Waals surface area contributed by atoms with Gasteiger partial charge in [-0.3, -0.25) is 0 Å². The van der Waals surface area contributed by atoms with Gasteiger partial charge in [-0.2, -0.15) is 0 Å². The first kappa shape index (κ1) is 24.5.